The van der Waals surface area contributed by atoms with Gasteiger partial charge < -0.3 is 14.7 Å². The molecule has 0 unspecified atom stereocenters. The number of halogens is 1. The van der Waals surface area contributed by atoms with E-state index in [1.165, 1.54) is 6.42 Å². The molecule has 0 atom stereocenters. The molecule has 0 bridgehead atoms. The first-order valence-electron chi connectivity index (χ1n) is 12.4. The standard InChI is InChI=1S/C29H29ClN4O2/c30-25-14-12-23(13-15-25)29(36)33-19-24-6-2-3-7-26(24)34(27(35)20-33)18-21-8-10-22(11-9-21)28(31)32-16-4-1-5-17-32/h2-3,6-15,31H,1,4-5,16-20H2. The average Bonchev–Trinajstić information content (AvgIpc) is 3.05. The number of hydrogen-bond acceptors (Lipinski definition) is 3. The minimum absolute atomic E-state index is 0.00612. The van der Waals surface area contributed by atoms with E-state index in [4.69, 9.17) is 17.0 Å². The van der Waals surface area contributed by atoms with Crippen LogP contribution < -0.4 is 4.90 Å². The minimum atomic E-state index is -0.197. The topological polar surface area (TPSA) is 67.7 Å². The molecular weight excluding hydrogens is 472 g/mol. The van der Waals surface area contributed by atoms with Crippen LogP contribution in [0.3, 0.4) is 0 Å². The molecular formula is C29H29ClN4O2. The lowest BCUT2D eigenvalue weighted by molar-refractivity contribution is -0.119. The van der Waals surface area contributed by atoms with Crippen molar-refractivity contribution in [2.45, 2.75) is 32.4 Å². The summed E-state index contributed by atoms with van der Waals surface area (Å²) < 4.78 is 0. The Morgan fingerprint density at radius 3 is 2.19 bits per heavy atom. The first-order chi connectivity index (χ1) is 17.5. The molecule has 2 heterocycles. The number of hydrogen-bond donors (Lipinski definition) is 1. The highest BCUT2D eigenvalue weighted by Gasteiger charge is 2.29. The zero-order chi connectivity index (χ0) is 25.1. The molecule has 5 rings (SSSR count). The molecule has 3 aromatic carbocycles. The smallest absolute Gasteiger partial charge is 0.254 e. The van der Waals surface area contributed by atoms with Crippen molar-refractivity contribution in [3.05, 3.63) is 100 Å². The molecule has 6 nitrogen and oxygen atoms in total. The van der Waals surface area contributed by atoms with Gasteiger partial charge in [-0.25, -0.2) is 0 Å². The second-order valence-electron chi connectivity index (χ2n) is 9.37. The van der Waals surface area contributed by atoms with Gasteiger partial charge in [0.2, 0.25) is 5.91 Å². The summed E-state index contributed by atoms with van der Waals surface area (Å²) in [6, 6.07) is 22.4. The lowest BCUT2D eigenvalue weighted by Crippen LogP contribution is -2.39. The molecule has 1 saturated heterocycles. The molecule has 2 amide bonds. The van der Waals surface area contributed by atoms with E-state index < -0.39 is 0 Å². The number of rotatable bonds is 4. The molecule has 0 saturated carbocycles. The van der Waals surface area contributed by atoms with Crippen LogP contribution in [0.4, 0.5) is 5.69 Å². The molecule has 3 aromatic rings. The maximum absolute atomic E-state index is 13.4. The highest BCUT2D eigenvalue weighted by molar-refractivity contribution is 6.30. The van der Waals surface area contributed by atoms with Gasteiger partial charge in [0.15, 0.2) is 0 Å². The summed E-state index contributed by atoms with van der Waals surface area (Å²) >= 11 is 5.98. The Bertz CT molecular complexity index is 1270. The largest absolute Gasteiger partial charge is 0.357 e. The Balaban J connectivity index is 1.35. The monoisotopic (exact) mass is 500 g/mol. The van der Waals surface area contributed by atoms with Crippen LogP contribution in [0, 0.1) is 5.41 Å². The van der Waals surface area contributed by atoms with Crippen molar-refractivity contribution in [3.63, 3.8) is 0 Å². The summed E-state index contributed by atoms with van der Waals surface area (Å²) in [6.45, 7) is 2.62. The average molecular weight is 501 g/mol. The Hall–Kier alpha value is -3.64. The van der Waals surface area contributed by atoms with Crippen LogP contribution in [0.15, 0.2) is 72.8 Å². The summed E-state index contributed by atoms with van der Waals surface area (Å²) in [5.74, 6) is 0.235. The summed E-state index contributed by atoms with van der Waals surface area (Å²) in [5, 5.41) is 9.13. The van der Waals surface area contributed by atoms with Gasteiger partial charge in [0, 0.05) is 41.5 Å². The predicted molar refractivity (Wildman–Crippen MR) is 143 cm³/mol. The number of fused-ring (bicyclic) bond motifs is 1. The van der Waals surface area contributed by atoms with E-state index in [2.05, 4.69) is 4.90 Å². The van der Waals surface area contributed by atoms with Crippen LogP contribution in [0.25, 0.3) is 0 Å². The fraction of sp³-hybridized carbons (Fsp3) is 0.276. The van der Waals surface area contributed by atoms with Crippen LogP contribution in [-0.2, 0) is 17.9 Å². The zero-order valence-electron chi connectivity index (χ0n) is 20.1. The van der Waals surface area contributed by atoms with E-state index in [1.54, 1.807) is 34.1 Å². The number of likely N-dealkylation sites (tertiary alicyclic amines) is 1. The fourth-order valence-electron chi connectivity index (χ4n) is 4.90. The number of benzene rings is 3. The van der Waals surface area contributed by atoms with E-state index in [0.29, 0.717) is 29.5 Å². The van der Waals surface area contributed by atoms with Gasteiger partial charge in [0.05, 0.1) is 6.54 Å². The Labute approximate surface area is 216 Å². The van der Waals surface area contributed by atoms with Crippen molar-refractivity contribution in [3.8, 4) is 0 Å². The number of carbonyl (C=O) groups excluding carboxylic acids is 2. The van der Waals surface area contributed by atoms with Crippen molar-refractivity contribution in [2.24, 2.45) is 0 Å². The van der Waals surface area contributed by atoms with Gasteiger partial charge in [-0.05, 0) is 60.7 Å². The molecule has 1 N–H and O–H groups in total. The van der Waals surface area contributed by atoms with Crippen molar-refractivity contribution in [1.82, 2.24) is 9.80 Å². The van der Waals surface area contributed by atoms with Gasteiger partial charge in [0.1, 0.15) is 12.4 Å². The molecule has 0 aromatic heterocycles. The van der Waals surface area contributed by atoms with Gasteiger partial charge in [-0.3, -0.25) is 15.0 Å². The number of nitrogens with one attached hydrogen (secondary N) is 1. The molecule has 0 radical (unpaired) electrons. The number of piperidine rings is 1. The zero-order valence-corrected chi connectivity index (χ0v) is 20.9. The first kappa shape index (κ1) is 24.1. The van der Waals surface area contributed by atoms with Crippen molar-refractivity contribution in [1.29, 1.82) is 5.41 Å². The SMILES string of the molecule is N=C(c1ccc(CN2C(=O)CN(C(=O)c3ccc(Cl)cc3)Cc3ccccc32)cc1)N1CCCCC1. The molecule has 0 aliphatic carbocycles. The molecule has 1 fully saturated rings. The van der Waals surface area contributed by atoms with Crippen LogP contribution in [0.5, 0.6) is 0 Å². The maximum Gasteiger partial charge on any atom is 0.254 e. The highest BCUT2D eigenvalue weighted by Crippen LogP contribution is 2.28. The van der Waals surface area contributed by atoms with Gasteiger partial charge in [-0.15, -0.1) is 0 Å². The highest BCUT2D eigenvalue weighted by atomic mass is 35.5. The third kappa shape index (κ3) is 5.14. The van der Waals surface area contributed by atoms with E-state index in [1.807, 2.05) is 48.5 Å². The quantitative estimate of drug-likeness (QED) is 0.388. The number of carbonyl (C=O) groups is 2. The lowest BCUT2D eigenvalue weighted by atomic mass is 10.1. The van der Waals surface area contributed by atoms with E-state index in [0.717, 1.165) is 48.3 Å². The predicted octanol–water partition coefficient (Wildman–Crippen LogP) is 5.34. The van der Waals surface area contributed by atoms with Gasteiger partial charge in [-0.2, -0.15) is 0 Å². The Morgan fingerprint density at radius 2 is 1.47 bits per heavy atom. The van der Waals surface area contributed by atoms with Crippen molar-refractivity contribution >= 4 is 34.9 Å². The van der Waals surface area contributed by atoms with E-state index in [-0.39, 0.29) is 18.4 Å². The lowest BCUT2D eigenvalue weighted by Gasteiger charge is -2.29. The van der Waals surface area contributed by atoms with Gasteiger partial charge in [0.25, 0.3) is 5.91 Å². The van der Waals surface area contributed by atoms with Crippen molar-refractivity contribution < 1.29 is 9.59 Å². The third-order valence-electron chi connectivity index (χ3n) is 6.89. The number of para-hydroxylation sites is 1. The second-order valence-corrected chi connectivity index (χ2v) is 9.81. The van der Waals surface area contributed by atoms with Crippen LogP contribution in [0.1, 0.15) is 46.3 Å². The molecule has 36 heavy (non-hydrogen) atoms. The van der Waals surface area contributed by atoms with E-state index in [9.17, 15) is 9.59 Å². The summed E-state index contributed by atoms with van der Waals surface area (Å²) in [4.78, 5) is 32.1. The molecule has 2 aliphatic heterocycles. The van der Waals surface area contributed by atoms with Crippen molar-refractivity contribution in [2.75, 3.05) is 24.5 Å². The van der Waals surface area contributed by atoms with Gasteiger partial charge >= 0.3 is 0 Å². The molecule has 0 spiro atoms. The fourth-order valence-corrected chi connectivity index (χ4v) is 5.02. The number of nitrogens with zero attached hydrogens (tertiary/aromatic N) is 3. The Morgan fingerprint density at radius 1 is 0.806 bits per heavy atom. The molecule has 2 aliphatic rings. The molecule has 7 heteroatoms. The van der Waals surface area contributed by atoms with Crippen LogP contribution in [0.2, 0.25) is 5.02 Å². The molecule has 184 valence electrons. The van der Waals surface area contributed by atoms with E-state index >= 15 is 0 Å². The van der Waals surface area contributed by atoms with Crippen LogP contribution in [-0.4, -0.2) is 47.1 Å². The van der Waals surface area contributed by atoms with Crippen LogP contribution >= 0.6 is 11.6 Å². The van der Waals surface area contributed by atoms with Gasteiger partial charge in [-0.1, -0.05) is 54.1 Å². The summed E-state index contributed by atoms with van der Waals surface area (Å²) in [6.07, 6.45) is 3.50. The second kappa shape index (κ2) is 10.5. The minimum Gasteiger partial charge on any atom is -0.357 e. The number of amides is 2. The summed E-state index contributed by atoms with van der Waals surface area (Å²) in [5.41, 5.74) is 4.12. The number of anilines is 1. The number of amidine groups is 1. The first-order valence-corrected chi connectivity index (χ1v) is 12.7. The summed E-state index contributed by atoms with van der Waals surface area (Å²) in [7, 11) is 0. The third-order valence-corrected chi connectivity index (χ3v) is 7.14. The normalized spacial score (nSPS) is 15.9. The Kier molecular flexibility index (Phi) is 7.05. The maximum atomic E-state index is 13.4.